The van der Waals surface area contributed by atoms with Gasteiger partial charge in [0.1, 0.15) is 0 Å². The van der Waals surface area contributed by atoms with Crippen LogP contribution >= 0.6 is 0 Å². The Bertz CT molecular complexity index is 404. The standard InChI is InChI=1S/C11H12F3NO2/c1-3-15(10(16)17-2)9-6-4-5-8(7-9)11(12,13)14/h4-7H,3H2,1-2H3. The third-order valence-electron chi connectivity index (χ3n) is 2.20. The average Bonchev–Trinajstić information content (AvgIpc) is 2.29. The van der Waals surface area contributed by atoms with Gasteiger partial charge in [-0.1, -0.05) is 6.07 Å². The van der Waals surface area contributed by atoms with Crippen LogP contribution in [0.3, 0.4) is 0 Å². The smallest absolute Gasteiger partial charge is 0.416 e. The highest BCUT2D eigenvalue weighted by Gasteiger charge is 2.31. The molecule has 1 amide bonds. The molecule has 0 radical (unpaired) electrons. The third kappa shape index (κ3) is 3.12. The Kier molecular flexibility index (Phi) is 3.98. The topological polar surface area (TPSA) is 29.5 Å². The Morgan fingerprint density at radius 1 is 1.41 bits per heavy atom. The van der Waals surface area contributed by atoms with E-state index in [1.807, 2.05) is 0 Å². The van der Waals surface area contributed by atoms with E-state index in [4.69, 9.17) is 0 Å². The molecule has 0 fully saturated rings. The lowest BCUT2D eigenvalue weighted by Gasteiger charge is -2.20. The zero-order chi connectivity index (χ0) is 13.1. The van der Waals surface area contributed by atoms with Gasteiger partial charge in [-0.15, -0.1) is 0 Å². The van der Waals surface area contributed by atoms with Crippen LogP contribution < -0.4 is 4.90 Å². The first-order valence-electron chi connectivity index (χ1n) is 4.93. The van der Waals surface area contributed by atoms with Crippen LogP contribution in [0.25, 0.3) is 0 Å². The molecule has 0 aliphatic carbocycles. The molecule has 17 heavy (non-hydrogen) atoms. The fourth-order valence-corrected chi connectivity index (χ4v) is 1.38. The number of rotatable bonds is 2. The predicted octanol–water partition coefficient (Wildman–Crippen LogP) is 3.30. The van der Waals surface area contributed by atoms with E-state index in [-0.39, 0.29) is 12.2 Å². The summed E-state index contributed by atoms with van der Waals surface area (Å²) in [5.41, 5.74) is -0.633. The van der Waals surface area contributed by atoms with E-state index in [1.54, 1.807) is 6.92 Å². The molecule has 0 unspecified atom stereocenters. The van der Waals surface area contributed by atoms with Crippen molar-refractivity contribution in [3.63, 3.8) is 0 Å². The summed E-state index contributed by atoms with van der Waals surface area (Å²) in [5, 5.41) is 0. The van der Waals surface area contributed by atoms with Gasteiger partial charge in [0.15, 0.2) is 0 Å². The van der Waals surface area contributed by atoms with Crippen LogP contribution in [0.5, 0.6) is 0 Å². The quantitative estimate of drug-likeness (QED) is 0.802. The molecule has 6 heteroatoms. The number of halogens is 3. The number of amides is 1. The van der Waals surface area contributed by atoms with Crippen molar-refractivity contribution in [1.29, 1.82) is 0 Å². The Hall–Kier alpha value is -1.72. The number of hydrogen-bond acceptors (Lipinski definition) is 2. The van der Waals surface area contributed by atoms with Gasteiger partial charge in [0.05, 0.1) is 12.7 Å². The van der Waals surface area contributed by atoms with Gasteiger partial charge < -0.3 is 4.74 Å². The van der Waals surface area contributed by atoms with Crippen LogP contribution in [-0.4, -0.2) is 19.7 Å². The lowest BCUT2D eigenvalue weighted by Crippen LogP contribution is -2.30. The first kappa shape index (κ1) is 13.3. The maximum Gasteiger partial charge on any atom is 0.416 e. The second-order valence-electron chi connectivity index (χ2n) is 3.26. The van der Waals surface area contributed by atoms with Crippen molar-refractivity contribution in [2.75, 3.05) is 18.6 Å². The molecule has 0 heterocycles. The van der Waals surface area contributed by atoms with Crippen LogP contribution in [0.2, 0.25) is 0 Å². The summed E-state index contributed by atoms with van der Waals surface area (Å²) in [6.45, 7) is 1.88. The molecule has 1 rings (SSSR count). The maximum atomic E-state index is 12.5. The summed E-state index contributed by atoms with van der Waals surface area (Å²) >= 11 is 0. The van der Waals surface area contributed by atoms with E-state index in [2.05, 4.69) is 4.74 Å². The predicted molar refractivity (Wildman–Crippen MR) is 56.9 cm³/mol. The first-order chi connectivity index (χ1) is 7.90. The number of anilines is 1. The van der Waals surface area contributed by atoms with Crippen molar-refractivity contribution in [3.05, 3.63) is 29.8 Å². The molecule has 0 N–H and O–H groups in total. The van der Waals surface area contributed by atoms with Crippen LogP contribution in [0.1, 0.15) is 12.5 Å². The first-order valence-corrected chi connectivity index (χ1v) is 4.93. The third-order valence-corrected chi connectivity index (χ3v) is 2.20. The summed E-state index contributed by atoms with van der Waals surface area (Å²) in [5.74, 6) is 0. The molecule has 1 aromatic carbocycles. The highest BCUT2D eigenvalue weighted by Crippen LogP contribution is 2.31. The number of carbonyl (C=O) groups excluding carboxylic acids is 1. The number of benzene rings is 1. The minimum Gasteiger partial charge on any atom is -0.452 e. The SMILES string of the molecule is CCN(C(=O)OC)c1cccc(C(F)(F)F)c1. The summed E-state index contributed by atoms with van der Waals surface area (Å²) in [4.78, 5) is 12.4. The lowest BCUT2D eigenvalue weighted by molar-refractivity contribution is -0.137. The second kappa shape index (κ2) is 5.07. The Labute approximate surface area is 96.8 Å². The number of alkyl halides is 3. The minimum absolute atomic E-state index is 0.161. The van der Waals surface area contributed by atoms with Gasteiger partial charge in [0.25, 0.3) is 0 Å². The monoisotopic (exact) mass is 247 g/mol. The maximum absolute atomic E-state index is 12.5. The lowest BCUT2D eigenvalue weighted by atomic mass is 10.2. The molecule has 0 saturated heterocycles. The largest absolute Gasteiger partial charge is 0.452 e. The van der Waals surface area contributed by atoms with Crippen molar-refractivity contribution in [3.8, 4) is 0 Å². The minimum atomic E-state index is -4.43. The Morgan fingerprint density at radius 2 is 2.06 bits per heavy atom. The molecular formula is C11H12F3NO2. The van der Waals surface area contributed by atoms with E-state index in [9.17, 15) is 18.0 Å². The van der Waals surface area contributed by atoms with E-state index >= 15 is 0 Å². The van der Waals surface area contributed by atoms with E-state index in [0.29, 0.717) is 0 Å². The van der Waals surface area contributed by atoms with Gasteiger partial charge in [0, 0.05) is 12.2 Å². The number of nitrogens with zero attached hydrogens (tertiary/aromatic N) is 1. The van der Waals surface area contributed by atoms with Gasteiger partial charge in [-0.2, -0.15) is 13.2 Å². The second-order valence-corrected chi connectivity index (χ2v) is 3.26. The molecule has 0 bridgehead atoms. The summed E-state index contributed by atoms with van der Waals surface area (Å²) in [6.07, 6.45) is -5.11. The van der Waals surface area contributed by atoms with Gasteiger partial charge in [0.2, 0.25) is 0 Å². The van der Waals surface area contributed by atoms with E-state index in [1.165, 1.54) is 19.2 Å². The molecule has 0 aromatic heterocycles. The molecule has 1 aromatic rings. The van der Waals surface area contributed by atoms with Crippen LogP contribution in [-0.2, 0) is 10.9 Å². The molecule has 94 valence electrons. The summed E-state index contributed by atoms with van der Waals surface area (Å²) in [6, 6.07) is 4.55. The number of hydrogen-bond donors (Lipinski definition) is 0. The van der Waals surface area contributed by atoms with Crippen molar-refractivity contribution in [1.82, 2.24) is 0 Å². The zero-order valence-corrected chi connectivity index (χ0v) is 9.41. The van der Waals surface area contributed by atoms with Gasteiger partial charge in [-0.25, -0.2) is 4.79 Å². The molecule has 3 nitrogen and oxygen atoms in total. The Morgan fingerprint density at radius 3 is 2.53 bits per heavy atom. The summed E-state index contributed by atoms with van der Waals surface area (Å²) < 4.78 is 41.9. The van der Waals surface area contributed by atoms with Crippen molar-refractivity contribution < 1.29 is 22.7 Å². The van der Waals surface area contributed by atoms with E-state index < -0.39 is 17.8 Å². The highest BCUT2D eigenvalue weighted by atomic mass is 19.4. The molecule has 0 aliphatic heterocycles. The fraction of sp³-hybridized carbons (Fsp3) is 0.364. The number of ether oxygens (including phenoxy) is 1. The molecule has 0 spiro atoms. The van der Waals surface area contributed by atoms with Gasteiger partial charge in [-0.05, 0) is 25.1 Å². The van der Waals surface area contributed by atoms with Crippen molar-refractivity contribution in [2.45, 2.75) is 13.1 Å². The van der Waals surface area contributed by atoms with Crippen molar-refractivity contribution in [2.24, 2.45) is 0 Å². The van der Waals surface area contributed by atoms with E-state index in [0.717, 1.165) is 17.0 Å². The molecular weight excluding hydrogens is 235 g/mol. The molecule has 0 aliphatic rings. The van der Waals surface area contributed by atoms with Crippen molar-refractivity contribution >= 4 is 11.8 Å². The highest BCUT2D eigenvalue weighted by molar-refractivity contribution is 5.87. The van der Waals surface area contributed by atoms with Gasteiger partial charge >= 0.3 is 12.3 Å². The number of carbonyl (C=O) groups is 1. The Balaban J connectivity index is 3.10. The van der Waals surface area contributed by atoms with Crippen LogP contribution in [0, 0.1) is 0 Å². The average molecular weight is 247 g/mol. The van der Waals surface area contributed by atoms with Gasteiger partial charge in [-0.3, -0.25) is 4.90 Å². The van der Waals surface area contributed by atoms with Crippen LogP contribution in [0.15, 0.2) is 24.3 Å². The zero-order valence-electron chi connectivity index (χ0n) is 9.41. The molecule has 0 saturated carbocycles. The van der Waals surface area contributed by atoms with Crippen LogP contribution in [0.4, 0.5) is 23.7 Å². The number of methoxy groups -OCH3 is 1. The fourth-order valence-electron chi connectivity index (χ4n) is 1.38. The summed E-state index contributed by atoms with van der Waals surface area (Å²) in [7, 11) is 1.18. The normalized spacial score (nSPS) is 11.1. The molecule has 0 atom stereocenters.